The second-order valence-electron chi connectivity index (χ2n) is 8.79. The van der Waals surface area contributed by atoms with E-state index in [-0.39, 0.29) is 23.8 Å². The summed E-state index contributed by atoms with van der Waals surface area (Å²) in [6.07, 6.45) is -0.704. The highest BCUT2D eigenvalue weighted by molar-refractivity contribution is 7.99. The number of benzene rings is 2. The molecule has 2 aromatic rings. The molecule has 4 N–H and O–H groups in total. The van der Waals surface area contributed by atoms with E-state index in [2.05, 4.69) is 10.6 Å². The molecule has 0 heterocycles. The van der Waals surface area contributed by atoms with Gasteiger partial charge in [-0.1, -0.05) is 44.2 Å². The van der Waals surface area contributed by atoms with Crippen LogP contribution in [0.5, 0.6) is 11.5 Å². The topological polar surface area (TPSA) is 142 Å². The Morgan fingerprint density at radius 1 is 1.03 bits per heavy atom. The number of carboxylic acids is 1. The van der Waals surface area contributed by atoms with E-state index < -0.39 is 42.1 Å². The number of aliphatic carboxylic acids is 1. The first-order valence-corrected chi connectivity index (χ1v) is 13.2. The molecule has 0 radical (unpaired) electrons. The van der Waals surface area contributed by atoms with Crippen LogP contribution in [0, 0.1) is 5.92 Å². The summed E-state index contributed by atoms with van der Waals surface area (Å²) in [5, 5.41) is 24.3. The van der Waals surface area contributed by atoms with Gasteiger partial charge in [0.25, 0.3) is 0 Å². The lowest BCUT2D eigenvalue weighted by atomic mass is 10.0. The maximum Gasteiger partial charge on any atom is 0.305 e. The molecule has 10 heteroatoms. The number of phenols is 1. The molecule has 37 heavy (non-hydrogen) atoms. The van der Waals surface area contributed by atoms with Crippen LogP contribution in [0.3, 0.4) is 0 Å². The minimum absolute atomic E-state index is 0.0236. The van der Waals surface area contributed by atoms with Crippen molar-refractivity contribution in [1.29, 1.82) is 0 Å². The predicted octanol–water partition coefficient (Wildman–Crippen LogP) is 2.94. The summed E-state index contributed by atoms with van der Waals surface area (Å²) in [6, 6.07) is 11.8. The summed E-state index contributed by atoms with van der Waals surface area (Å²) in [5.41, 5.74) is 1.48. The van der Waals surface area contributed by atoms with E-state index in [9.17, 15) is 29.4 Å². The van der Waals surface area contributed by atoms with Gasteiger partial charge in [0.2, 0.25) is 11.8 Å². The number of hydrogen-bond acceptors (Lipinski definition) is 7. The van der Waals surface area contributed by atoms with Crippen LogP contribution in [0.15, 0.2) is 48.5 Å². The molecule has 0 aliphatic rings. The number of rotatable bonds is 15. The fraction of sp³-hybridized carbons (Fsp3) is 0.407. The van der Waals surface area contributed by atoms with Gasteiger partial charge in [0.15, 0.2) is 5.78 Å². The third-order valence-corrected chi connectivity index (χ3v) is 6.43. The molecule has 0 saturated heterocycles. The van der Waals surface area contributed by atoms with E-state index >= 15 is 0 Å². The van der Waals surface area contributed by atoms with Gasteiger partial charge in [0.1, 0.15) is 17.5 Å². The minimum Gasteiger partial charge on any atom is -0.508 e. The Morgan fingerprint density at radius 2 is 1.73 bits per heavy atom. The Hall–Kier alpha value is -3.53. The molecule has 2 aromatic carbocycles. The molecular formula is C27H34N2O7S. The summed E-state index contributed by atoms with van der Waals surface area (Å²) in [7, 11) is 0. The smallest absolute Gasteiger partial charge is 0.305 e. The number of hydrogen-bond donors (Lipinski definition) is 4. The zero-order valence-electron chi connectivity index (χ0n) is 21.2. The number of aromatic hydroxyl groups is 1. The average molecular weight is 531 g/mol. The van der Waals surface area contributed by atoms with Crippen molar-refractivity contribution in [3.63, 3.8) is 0 Å². The van der Waals surface area contributed by atoms with Gasteiger partial charge >= 0.3 is 5.97 Å². The third kappa shape index (κ3) is 10.2. The molecule has 0 fully saturated rings. The number of thioether (sulfide) groups is 1. The lowest BCUT2D eigenvalue weighted by Gasteiger charge is -2.25. The van der Waals surface area contributed by atoms with Crippen molar-refractivity contribution in [2.24, 2.45) is 5.92 Å². The molecule has 2 atom stereocenters. The first kappa shape index (κ1) is 29.7. The Labute approximate surface area is 221 Å². The zero-order chi connectivity index (χ0) is 27.4. The first-order chi connectivity index (χ1) is 17.6. The van der Waals surface area contributed by atoms with Crippen LogP contribution in [0.2, 0.25) is 0 Å². The van der Waals surface area contributed by atoms with Crippen LogP contribution in [0.4, 0.5) is 0 Å². The summed E-state index contributed by atoms with van der Waals surface area (Å²) in [5.74, 6) is -2.07. The zero-order valence-corrected chi connectivity index (χ0v) is 22.0. The Bertz CT molecular complexity index is 1080. The molecule has 9 nitrogen and oxygen atoms in total. The Balaban J connectivity index is 2.04. The van der Waals surface area contributed by atoms with Gasteiger partial charge in [0, 0.05) is 11.3 Å². The van der Waals surface area contributed by atoms with Crippen molar-refractivity contribution in [3.05, 3.63) is 59.7 Å². The van der Waals surface area contributed by atoms with Gasteiger partial charge in [0.05, 0.1) is 31.2 Å². The SMILES string of the molecule is CCOc1ccc(O)cc1CC(=O)N[C@H](C(=O)NC(CC(=O)O)C(=O)CSCc1ccccc1)C(C)C. The maximum atomic E-state index is 13.0. The number of nitrogens with one attached hydrogen (secondary N) is 2. The number of carbonyl (C=O) groups is 4. The number of amides is 2. The number of ketones is 1. The standard InChI is InChI=1S/C27H34N2O7S/c1-4-36-23-11-10-20(30)12-19(23)13-24(32)29-26(17(2)3)27(35)28-21(14-25(33)34)22(31)16-37-15-18-8-6-5-7-9-18/h5-12,17,21,26,30H,4,13-16H2,1-3H3,(H,28,35)(H,29,32)(H,33,34)/t21?,26-/m0/s1. The van der Waals surface area contributed by atoms with Crippen LogP contribution in [0.1, 0.15) is 38.3 Å². The van der Waals surface area contributed by atoms with Crippen LogP contribution in [-0.2, 0) is 31.4 Å². The first-order valence-electron chi connectivity index (χ1n) is 12.0. The molecule has 0 bridgehead atoms. The molecule has 2 amide bonds. The van der Waals surface area contributed by atoms with E-state index in [0.29, 0.717) is 23.7 Å². The van der Waals surface area contributed by atoms with Crippen molar-refractivity contribution in [2.75, 3.05) is 12.4 Å². The average Bonchev–Trinajstić information content (AvgIpc) is 2.84. The molecular weight excluding hydrogens is 496 g/mol. The Morgan fingerprint density at radius 3 is 2.35 bits per heavy atom. The summed E-state index contributed by atoms with van der Waals surface area (Å²) >= 11 is 1.33. The molecule has 200 valence electrons. The highest BCUT2D eigenvalue weighted by Gasteiger charge is 2.30. The fourth-order valence-electron chi connectivity index (χ4n) is 3.56. The van der Waals surface area contributed by atoms with Crippen LogP contribution < -0.4 is 15.4 Å². The van der Waals surface area contributed by atoms with Crippen LogP contribution >= 0.6 is 11.8 Å². The van der Waals surface area contributed by atoms with Crippen molar-refractivity contribution < 1.29 is 34.1 Å². The van der Waals surface area contributed by atoms with Gasteiger partial charge in [-0.3, -0.25) is 19.2 Å². The number of ether oxygens (including phenoxy) is 1. The van der Waals surface area contributed by atoms with Crippen molar-refractivity contribution in [3.8, 4) is 11.5 Å². The van der Waals surface area contributed by atoms with E-state index in [1.165, 1.54) is 23.9 Å². The highest BCUT2D eigenvalue weighted by atomic mass is 32.2. The largest absolute Gasteiger partial charge is 0.508 e. The molecule has 0 aliphatic heterocycles. The van der Waals surface area contributed by atoms with E-state index in [4.69, 9.17) is 4.74 Å². The molecule has 1 unspecified atom stereocenters. The quantitative estimate of drug-likeness (QED) is 0.275. The number of carbonyl (C=O) groups excluding carboxylic acids is 3. The highest BCUT2D eigenvalue weighted by Crippen LogP contribution is 2.24. The monoisotopic (exact) mass is 530 g/mol. The lowest BCUT2D eigenvalue weighted by molar-refractivity contribution is -0.140. The van der Waals surface area contributed by atoms with Crippen molar-refractivity contribution >= 4 is 35.3 Å². The molecule has 0 aliphatic carbocycles. The third-order valence-electron chi connectivity index (χ3n) is 5.40. The summed E-state index contributed by atoms with van der Waals surface area (Å²) in [6.45, 7) is 5.63. The lowest BCUT2D eigenvalue weighted by Crippen LogP contribution is -2.54. The minimum atomic E-state index is -1.22. The molecule has 0 saturated carbocycles. The van der Waals surface area contributed by atoms with Crippen LogP contribution in [0.25, 0.3) is 0 Å². The second kappa shape index (κ2) is 14.9. The molecule has 2 rings (SSSR count). The molecule has 0 spiro atoms. The van der Waals surface area contributed by atoms with Gasteiger partial charge in [-0.2, -0.15) is 0 Å². The fourth-order valence-corrected chi connectivity index (χ4v) is 4.49. The Kier molecular flexibility index (Phi) is 12.0. The van der Waals surface area contributed by atoms with E-state index in [1.54, 1.807) is 26.8 Å². The summed E-state index contributed by atoms with van der Waals surface area (Å²) in [4.78, 5) is 50.0. The number of carboxylic acid groups (broad SMARTS) is 1. The summed E-state index contributed by atoms with van der Waals surface area (Å²) < 4.78 is 5.50. The van der Waals surface area contributed by atoms with Crippen molar-refractivity contribution in [2.45, 2.75) is 51.4 Å². The number of Topliss-reactive ketones (excluding diaryl/α,β-unsaturated/α-hetero) is 1. The van der Waals surface area contributed by atoms with E-state index in [1.807, 2.05) is 30.3 Å². The number of phenolic OH excluding ortho intramolecular Hbond substituents is 1. The van der Waals surface area contributed by atoms with Gasteiger partial charge in [-0.15, -0.1) is 11.8 Å². The van der Waals surface area contributed by atoms with Crippen molar-refractivity contribution in [1.82, 2.24) is 10.6 Å². The second-order valence-corrected chi connectivity index (χ2v) is 9.78. The van der Waals surface area contributed by atoms with Crippen LogP contribution in [-0.4, -0.2) is 58.2 Å². The molecule has 0 aromatic heterocycles. The maximum absolute atomic E-state index is 13.0. The van der Waals surface area contributed by atoms with Gasteiger partial charge < -0.3 is 25.6 Å². The van der Waals surface area contributed by atoms with Gasteiger partial charge in [-0.05, 0) is 36.6 Å². The predicted molar refractivity (Wildman–Crippen MR) is 142 cm³/mol. The van der Waals surface area contributed by atoms with E-state index in [0.717, 1.165) is 5.56 Å². The normalized spacial score (nSPS) is 12.4. The van der Waals surface area contributed by atoms with Gasteiger partial charge in [-0.25, -0.2) is 0 Å².